The number of nitrogens with one attached hydrogen (secondary N) is 1. The van der Waals surface area contributed by atoms with Crippen LogP contribution in [0.2, 0.25) is 0 Å². The molecule has 2 atom stereocenters. The van der Waals surface area contributed by atoms with E-state index in [2.05, 4.69) is 5.32 Å². The summed E-state index contributed by atoms with van der Waals surface area (Å²) in [5.41, 5.74) is -1.04. The SMILES string of the molecule is CC1Oc2ccccc2OC1C(=O)NCC(C)(C)C(=O)O. The smallest absolute Gasteiger partial charge is 0.310 e. The zero-order valence-corrected chi connectivity index (χ0v) is 12.3. The van der Waals surface area contributed by atoms with E-state index in [1.807, 2.05) is 6.07 Å². The Balaban J connectivity index is 2.02. The Morgan fingerprint density at radius 2 is 1.81 bits per heavy atom. The summed E-state index contributed by atoms with van der Waals surface area (Å²) in [4.78, 5) is 23.2. The van der Waals surface area contributed by atoms with Crippen molar-refractivity contribution in [2.24, 2.45) is 5.41 Å². The Morgan fingerprint density at radius 3 is 2.38 bits per heavy atom. The quantitative estimate of drug-likeness (QED) is 0.877. The molecule has 0 aliphatic carbocycles. The van der Waals surface area contributed by atoms with Gasteiger partial charge < -0.3 is 19.9 Å². The van der Waals surface area contributed by atoms with Gasteiger partial charge in [0.15, 0.2) is 11.5 Å². The molecule has 6 heteroatoms. The number of para-hydroxylation sites is 2. The predicted octanol–water partition coefficient (Wildman–Crippen LogP) is 1.44. The molecule has 2 N–H and O–H groups in total. The van der Waals surface area contributed by atoms with Crippen molar-refractivity contribution < 1.29 is 24.2 Å². The van der Waals surface area contributed by atoms with Gasteiger partial charge in [0.25, 0.3) is 5.91 Å². The highest BCUT2D eigenvalue weighted by Crippen LogP contribution is 2.33. The van der Waals surface area contributed by atoms with Crippen LogP contribution in [0.4, 0.5) is 0 Å². The van der Waals surface area contributed by atoms with Crippen LogP contribution < -0.4 is 14.8 Å². The topological polar surface area (TPSA) is 84.9 Å². The summed E-state index contributed by atoms with van der Waals surface area (Å²) in [6.07, 6.45) is -1.25. The molecule has 2 unspecified atom stereocenters. The Morgan fingerprint density at radius 1 is 1.24 bits per heavy atom. The van der Waals surface area contributed by atoms with Crippen LogP contribution in [0, 0.1) is 5.41 Å². The number of aliphatic carboxylic acids is 1. The van der Waals surface area contributed by atoms with Crippen LogP contribution in [-0.4, -0.2) is 35.7 Å². The number of carboxylic acids is 1. The molecule has 0 fully saturated rings. The minimum Gasteiger partial charge on any atom is -0.482 e. The monoisotopic (exact) mass is 293 g/mol. The average molecular weight is 293 g/mol. The summed E-state index contributed by atoms with van der Waals surface area (Å²) in [5, 5.41) is 11.6. The summed E-state index contributed by atoms with van der Waals surface area (Å²) in [6, 6.07) is 7.11. The fraction of sp³-hybridized carbons (Fsp3) is 0.467. The van der Waals surface area contributed by atoms with Crippen molar-refractivity contribution in [2.45, 2.75) is 33.0 Å². The minimum atomic E-state index is -1.04. The molecule has 0 saturated carbocycles. The lowest BCUT2D eigenvalue weighted by atomic mass is 9.94. The molecule has 0 saturated heterocycles. The maximum atomic E-state index is 12.2. The van der Waals surface area contributed by atoms with Crippen molar-refractivity contribution >= 4 is 11.9 Å². The second-order valence-electron chi connectivity index (χ2n) is 5.71. The first-order chi connectivity index (χ1) is 9.81. The zero-order valence-electron chi connectivity index (χ0n) is 12.3. The van der Waals surface area contributed by atoms with Crippen molar-refractivity contribution in [3.05, 3.63) is 24.3 Å². The third kappa shape index (κ3) is 3.26. The van der Waals surface area contributed by atoms with E-state index < -0.39 is 23.6 Å². The summed E-state index contributed by atoms with van der Waals surface area (Å²) < 4.78 is 11.3. The van der Waals surface area contributed by atoms with Crippen LogP contribution in [0.25, 0.3) is 0 Å². The highest BCUT2D eigenvalue weighted by molar-refractivity contribution is 5.83. The number of ether oxygens (including phenoxy) is 2. The average Bonchev–Trinajstić information content (AvgIpc) is 2.44. The molecule has 2 rings (SSSR count). The standard InChI is InChI=1S/C15H19NO5/c1-9-12(13(17)16-8-15(2,3)14(18)19)21-11-7-5-4-6-10(11)20-9/h4-7,9,12H,8H2,1-3H3,(H,16,17)(H,18,19). The Hall–Kier alpha value is -2.24. The van der Waals surface area contributed by atoms with E-state index in [0.29, 0.717) is 11.5 Å². The number of rotatable bonds is 4. The van der Waals surface area contributed by atoms with E-state index in [0.717, 1.165) is 0 Å². The molecule has 21 heavy (non-hydrogen) atoms. The molecule has 1 heterocycles. The third-order valence-electron chi connectivity index (χ3n) is 3.38. The highest BCUT2D eigenvalue weighted by atomic mass is 16.6. The minimum absolute atomic E-state index is 0.0232. The van der Waals surface area contributed by atoms with Gasteiger partial charge in [-0.3, -0.25) is 9.59 Å². The van der Waals surface area contributed by atoms with E-state index in [9.17, 15) is 9.59 Å². The fourth-order valence-corrected chi connectivity index (χ4v) is 1.89. The van der Waals surface area contributed by atoms with Crippen LogP contribution in [-0.2, 0) is 9.59 Å². The first kappa shape index (κ1) is 15.2. The van der Waals surface area contributed by atoms with Crippen LogP contribution >= 0.6 is 0 Å². The lowest BCUT2D eigenvalue weighted by Crippen LogP contribution is -2.51. The number of amides is 1. The molecule has 1 aromatic rings. The van der Waals surface area contributed by atoms with Crippen LogP contribution in [0.15, 0.2) is 24.3 Å². The normalized spacial score (nSPS) is 20.7. The predicted molar refractivity (Wildman–Crippen MR) is 75.4 cm³/mol. The highest BCUT2D eigenvalue weighted by Gasteiger charge is 2.35. The van der Waals surface area contributed by atoms with E-state index in [1.54, 1.807) is 39.0 Å². The lowest BCUT2D eigenvalue weighted by Gasteiger charge is -2.31. The molecule has 0 aromatic heterocycles. The maximum absolute atomic E-state index is 12.2. The van der Waals surface area contributed by atoms with E-state index >= 15 is 0 Å². The van der Waals surface area contributed by atoms with Crippen LogP contribution in [0.3, 0.4) is 0 Å². The van der Waals surface area contributed by atoms with Crippen molar-refractivity contribution in [1.82, 2.24) is 5.32 Å². The number of hydrogen-bond donors (Lipinski definition) is 2. The molecule has 6 nitrogen and oxygen atoms in total. The van der Waals surface area contributed by atoms with Gasteiger partial charge in [-0.05, 0) is 32.9 Å². The summed E-state index contributed by atoms with van der Waals surface area (Å²) in [6.45, 7) is 4.86. The Kier molecular flexibility index (Phi) is 4.06. The first-order valence-corrected chi connectivity index (χ1v) is 6.75. The molecular formula is C15H19NO5. The summed E-state index contributed by atoms with van der Waals surface area (Å²) in [5.74, 6) is -0.249. The van der Waals surface area contributed by atoms with Gasteiger partial charge in [-0.25, -0.2) is 0 Å². The van der Waals surface area contributed by atoms with Crippen LogP contribution in [0.1, 0.15) is 20.8 Å². The van der Waals surface area contributed by atoms with Crippen molar-refractivity contribution in [1.29, 1.82) is 0 Å². The van der Waals surface area contributed by atoms with E-state index in [4.69, 9.17) is 14.6 Å². The molecule has 0 spiro atoms. The molecular weight excluding hydrogens is 274 g/mol. The zero-order chi connectivity index (χ0) is 15.6. The summed E-state index contributed by atoms with van der Waals surface area (Å²) in [7, 11) is 0. The van der Waals surface area contributed by atoms with E-state index in [-0.39, 0.29) is 12.5 Å². The number of benzene rings is 1. The molecule has 1 aliphatic heterocycles. The number of carbonyl (C=O) groups excluding carboxylic acids is 1. The van der Waals surface area contributed by atoms with Gasteiger partial charge >= 0.3 is 5.97 Å². The van der Waals surface area contributed by atoms with Gasteiger partial charge in [0.05, 0.1) is 5.41 Å². The number of carbonyl (C=O) groups is 2. The molecule has 0 bridgehead atoms. The fourth-order valence-electron chi connectivity index (χ4n) is 1.89. The van der Waals surface area contributed by atoms with Crippen molar-refractivity contribution in [3.63, 3.8) is 0 Å². The number of hydrogen-bond acceptors (Lipinski definition) is 4. The van der Waals surface area contributed by atoms with Gasteiger partial charge in [0.2, 0.25) is 6.10 Å². The lowest BCUT2D eigenvalue weighted by molar-refractivity contribution is -0.147. The Labute approximate surface area is 123 Å². The largest absolute Gasteiger partial charge is 0.482 e. The second-order valence-corrected chi connectivity index (χ2v) is 5.71. The Bertz CT molecular complexity index is 555. The van der Waals surface area contributed by atoms with Gasteiger partial charge in [-0.1, -0.05) is 12.1 Å². The summed E-state index contributed by atoms with van der Waals surface area (Å²) >= 11 is 0. The van der Waals surface area contributed by atoms with Crippen LogP contribution in [0.5, 0.6) is 11.5 Å². The van der Waals surface area contributed by atoms with Gasteiger partial charge in [0.1, 0.15) is 6.10 Å². The second kappa shape index (κ2) is 5.63. The van der Waals surface area contributed by atoms with Crippen molar-refractivity contribution in [3.8, 4) is 11.5 Å². The molecule has 114 valence electrons. The maximum Gasteiger partial charge on any atom is 0.310 e. The van der Waals surface area contributed by atoms with Crippen molar-refractivity contribution in [2.75, 3.05) is 6.54 Å². The molecule has 0 radical (unpaired) electrons. The third-order valence-corrected chi connectivity index (χ3v) is 3.38. The number of carboxylic acid groups (broad SMARTS) is 1. The molecule has 1 aliphatic rings. The van der Waals surface area contributed by atoms with Gasteiger partial charge in [-0.2, -0.15) is 0 Å². The van der Waals surface area contributed by atoms with Gasteiger partial charge in [-0.15, -0.1) is 0 Å². The first-order valence-electron chi connectivity index (χ1n) is 6.75. The molecule has 1 amide bonds. The molecule has 1 aromatic carbocycles. The van der Waals surface area contributed by atoms with Gasteiger partial charge in [0, 0.05) is 6.54 Å². The number of fused-ring (bicyclic) bond motifs is 1. The van der Waals surface area contributed by atoms with E-state index in [1.165, 1.54) is 0 Å².